The van der Waals surface area contributed by atoms with Crippen LogP contribution in [0.15, 0.2) is 364 Å². The maximum atomic E-state index is 8.55. The lowest BCUT2D eigenvalue weighted by Crippen LogP contribution is -2.24. The van der Waals surface area contributed by atoms with Crippen molar-refractivity contribution < 1.29 is 89.8 Å². The minimum Gasteiger partial charge on any atom is -0.822 e. The average Bonchev–Trinajstić information content (AvgIpc) is 0.819. The van der Waals surface area contributed by atoms with Crippen molar-refractivity contribution in [1.29, 1.82) is 0 Å². The molecule has 0 saturated heterocycles. The third kappa shape index (κ3) is 41.5. The molecule has 0 bridgehead atoms. The molecule has 560 valence electrons. The topological polar surface area (TPSA) is 345 Å². The van der Waals surface area contributed by atoms with Gasteiger partial charge in [-0.2, -0.15) is 31.3 Å². The highest BCUT2D eigenvalue weighted by Crippen LogP contribution is 2.71. The summed E-state index contributed by atoms with van der Waals surface area (Å²) in [6, 6.07) is 133. The lowest BCUT2D eigenvalue weighted by atomic mass is 10.2. The van der Waals surface area contributed by atoms with Gasteiger partial charge in [-0.3, -0.25) is 0 Å². The molecule has 12 aromatic carbocycles. The molecule has 0 N–H and O–H groups in total. The SMILES string of the molecule is O=P([O-])([O-])[O-].O=P([O-])([O-])[O-].O=P([O-])([O-])[O-].O=P([O-])([O-])[O-].[H+].[H+].[H+].[H+].[H+].[H+].[H+].[H+].[H+].c1ccc(C[P+](Cc2ccccc2)(Cc2ccccc2)Cc2ccccc2)cc1.c1ccc(C[P+](Cc2ccccc2)(Cc2ccccc2)Cc2ccccc2)cc1.c1ccc(C[P+](Cc2ccccc2)(Cc2ccccc2)Cc2ccccc2)cc1. The Morgan fingerprint density at radius 2 is 0.206 bits per heavy atom. The summed E-state index contributed by atoms with van der Waals surface area (Å²) in [7, 11) is -25.7. The highest BCUT2D eigenvalue weighted by molar-refractivity contribution is 7.73. The van der Waals surface area contributed by atoms with Gasteiger partial charge in [0.05, 0.1) is 73.9 Å². The summed E-state index contributed by atoms with van der Waals surface area (Å²) in [6.07, 6.45) is 14.1. The van der Waals surface area contributed by atoms with E-state index in [-0.39, 0.29) is 12.8 Å². The van der Waals surface area contributed by atoms with E-state index in [0.29, 0.717) is 0 Å². The Hall–Kier alpha value is -7.63. The van der Waals surface area contributed by atoms with E-state index in [9.17, 15) is 0 Å². The molecule has 107 heavy (non-hydrogen) atoms. The second kappa shape index (κ2) is 46.0. The van der Waals surface area contributed by atoms with Crippen LogP contribution in [0.3, 0.4) is 0 Å². The highest BCUT2D eigenvalue weighted by Gasteiger charge is 2.41. The third-order valence-corrected chi connectivity index (χ3v) is 28.8. The lowest BCUT2D eigenvalue weighted by molar-refractivity contribution is -0.434. The number of hydrogen-bond acceptors (Lipinski definition) is 16. The fourth-order valence-corrected chi connectivity index (χ4v) is 26.5. The fraction of sp³-hybridized carbons (Fsp3) is 0.143. The second-order valence-corrected chi connectivity index (χ2v) is 41.0. The maximum Gasteiger partial charge on any atom is 1.00 e. The molecule has 0 spiro atoms. The van der Waals surface area contributed by atoms with E-state index < -0.39 is 53.1 Å². The Bertz CT molecular complexity index is 3560. The van der Waals surface area contributed by atoms with Crippen molar-refractivity contribution >= 4 is 53.1 Å². The molecule has 16 nitrogen and oxygen atoms in total. The van der Waals surface area contributed by atoms with Gasteiger partial charge in [-0.1, -0.05) is 364 Å². The van der Waals surface area contributed by atoms with Crippen LogP contribution in [0.1, 0.15) is 79.6 Å². The Morgan fingerprint density at radius 3 is 0.262 bits per heavy atom. The molecule has 0 aliphatic carbocycles. The van der Waals surface area contributed by atoms with E-state index in [4.69, 9.17) is 77.0 Å². The highest BCUT2D eigenvalue weighted by atomic mass is 31.2. The van der Waals surface area contributed by atoms with Gasteiger partial charge in [0.15, 0.2) is 0 Å². The fourth-order valence-electron chi connectivity index (χ4n) is 12.7. The van der Waals surface area contributed by atoms with Gasteiger partial charge >= 0.3 is 12.8 Å². The molecule has 0 saturated carbocycles. The van der Waals surface area contributed by atoms with Crippen LogP contribution in [0.5, 0.6) is 0 Å². The average molecular weight is 1580 g/mol. The first kappa shape index (κ1) is 88.3. The van der Waals surface area contributed by atoms with Crippen molar-refractivity contribution in [3.63, 3.8) is 0 Å². The molecule has 23 heteroatoms. The molecule has 0 aliphatic heterocycles. The predicted octanol–water partition coefficient (Wildman–Crippen LogP) is 13.1. The van der Waals surface area contributed by atoms with Gasteiger partial charge in [0.1, 0.15) is 0 Å². The zero-order valence-electron chi connectivity index (χ0n) is 67.8. The van der Waals surface area contributed by atoms with E-state index >= 15 is 0 Å². The Balaban J connectivity index is -0.000000699. The van der Waals surface area contributed by atoms with Gasteiger partial charge in [-0.05, 0) is 66.8 Å². The summed E-state index contributed by atoms with van der Waals surface area (Å²) in [4.78, 5) is 103. The standard InChI is InChI=1S/3C28H28P.4H3O4P/c3*1-5-13-25(14-6-1)21-29(22-26-15-7-2-8-16-26,23-27-17-9-3-10-18-27)24-28-19-11-4-12-20-28;4*1-5(2,3)4/h3*1-20H,21-24H2;4*(H3,1,2,3,4)/q3*+1;;;;/p-3. The summed E-state index contributed by atoms with van der Waals surface area (Å²) in [5.41, 5.74) is 17.5. The molecule has 0 fully saturated rings. The normalized spacial score (nSPS) is 11.4. The van der Waals surface area contributed by atoms with E-state index in [0.717, 1.165) is 0 Å². The molecule has 0 aromatic heterocycles. The molecule has 0 atom stereocenters. The number of hydrogen-bond donors (Lipinski definition) is 0. The van der Waals surface area contributed by atoms with Crippen LogP contribution in [0.2, 0.25) is 0 Å². The first-order valence-corrected chi connectivity index (χ1v) is 47.3. The van der Waals surface area contributed by atoms with Crippen molar-refractivity contribution in [2.45, 2.75) is 73.9 Å². The van der Waals surface area contributed by atoms with Crippen molar-refractivity contribution in [3.8, 4) is 0 Å². The van der Waals surface area contributed by atoms with Crippen LogP contribution in [0.25, 0.3) is 0 Å². The summed E-state index contributed by atoms with van der Waals surface area (Å²) >= 11 is 0. The van der Waals surface area contributed by atoms with Crippen LogP contribution in [0.4, 0.5) is 0 Å². The molecule has 0 heterocycles. The largest absolute Gasteiger partial charge is 1.00 e. The van der Waals surface area contributed by atoms with Crippen molar-refractivity contribution in [1.82, 2.24) is 0 Å². The predicted molar refractivity (Wildman–Crippen MR) is 423 cm³/mol. The first-order chi connectivity index (χ1) is 50.9. The Kier molecular flexibility index (Phi) is 38.0. The van der Waals surface area contributed by atoms with Crippen LogP contribution in [0, 0.1) is 0 Å². The van der Waals surface area contributed by atoms with Crippen molar-refractivity contribution in [3.05, 3.63) is 431 Å². The van der Waals surface area contributed by atoms with Crippen LogP contribution in [-0.4, -0.2) is 0 Å². The molecule has 12 rings (SSSR count). The van der Waals surface area contributed by atoms with E-state index in [1.807, 2.05) is 0 Å². The summed E-state index contributed by atoms with van der Waals surface area (Å²) in [6.45, 7) is 0. The van der Waals surface area contributed by atoms with Crippen LogP contribution >= 0.6 is 53.1 Å². The summed E-state index contributed by atoms with van der Waals surface area (Å²) in [5, 5.41) is 0. The molecule has 0 unspecified atom stereocenters. The quantitative estimate of drug-likeness (QED) is 0.0507. The third-order valence-electron chi connectivity index (χ3n) is 16.3. The monoisotopic (exact) mass is 1570 g/mol. The van der Waals surface area contributed by atoms with Gasteiger partial charge < -0.3 is 77.0 Å². The Morgan fingerprint density at radius 1 is 0.150 bits per heavy atom. The number of phosphoric acid groups is 4. The minimum atomic E-state index is -5.39. The first-order valence-electron chi connectivity index (χ1n) is 33.9. The summed E-state index contributed by atoms with van der Waals surface area (Å²) < 4.78 is 34.2. The molecule has 0 aliphatic rings. The van der Waals surface area contributed by atoms with Gasteiger partial charge in [0.2, 0.25) is 0 Å². The number of benzene rings is 12. The van der Waals surface area contributed by atoms with E-state index in [1.54, 1.807) is 0 Å². The van der Waals surface area contributed by atoms with Crippen LogP contribution < -0.4 is 58.7 Å². The van der Waals surface area contributed by atoms with Gasteiger partial charge in [0, 0.05) is 21.8 Å². The zero-order chi connectivity index (χ0) is 77.3. The maximum absolute atomic E-state index is 8.55. The summed E-state index contributed by atoms with van der Waals surface area (Å²) in [5.74, 6) is 0. The molecular formula is C84H93O16P7. The zero-order valence-corrected chi connectivity index (χ0v) is 65.0. The number of rotatable bonds is 24. The molecule has 12 aromatic rings. The second-order valence-electron chi connectivity index (χ2n) is 25.5. The van der Waals surface area contributed by atoms with E-state index in [1.165, 1.54) is 141 Å². The lowest BCUT2D eigenvalue weighted by Gasteiger charge is -2.36. The van der Waals surface area contributed by atoms with Crippen molar-refractivity contribution in [2.24, 2.45) is 0 Å². The van der Waals surface area contributed by atoms with Crippen LogP contribution in [-0.2, 0) is 92.2 Å². The minimum absolute atomic E-state index is 0. The molecule has 0 amide bonds. The van der Waals surface area contributed by atoms with Gasteiger partial charge in [-0.25, -0.2) is 0 Å². The van der Waals surface area contributed by atoms with Gasteiger partial charge in [0.25, 0.3) is 0 Å². The molecule has 0 radical (unpaired) electrons. The van der Waals surface area contributed by atoms with Crippen molar-refractivity contribution in [2.75, 3.05) is 0 Å². The van der Waals surface area contributed by atoms with Gasteiger partial charge in [-0.15, -0.1) is 0 Å². The van der Waals surface area contributed by atoms with E-state index in [2.05, 4.69) is 364 Å². The smallest absolute Gasteiger partial charge is 0.822 e. The Labute approximate surface area is 644 Å². The molecular weight excluding hydrogens is 1480 g/mol.